The Morgan fingerprint density at radius 1 is 1.06 bits per heavy atom. The molecule has 3 N–H and O–H groups in total. The standard InChI is InChI=1S/C14H26N4/c1-4-6-8-9-12-11(3)17-14(15)18-13(12)16-10-7-5-2/h4-10H2,1-3H3,(H3,15,16,17,18). The summed E-state index contributed by atoms with van der Waals surface area (Å²) in [4.78, 5) is 8.61. The molecule has 1 heterocycles. The van der Waals surface area contributed by atoms with Gasteiger partial charge in [0.2, 0.25) is 5.95 Å². The van der Waals surface area contributed by atoms with Gasteiger partial charge in [0.05, 0.1) is 0 Å². The summed E-state index contributed by atoms with van der Waals surface area (Å²) < 4.78 is 0. The number of nitrogens with two attached hydrogens (primary N) is 1. The third-order valence-corrected chi connectivity index (χ3v) is 3.08. The Balaban J connectivity index is 2.76. The minimum absolute atomic E-state index is 0.366. The fourth-order valence-corrected chi connectivity index (χ4v) is 2.00. The van der Waals surface area contributed by atoms with Gasteiger partial charge in [-0.05, 0) is 26.2 Å². The fourth-order valence-electron chi connectivity index (χ4n) is 2.00. The first-order valence-corrected chi connectivity index (χ1v) is 7.05. The van der Waals surface area contributed by atoms with Gasteiger partial charge in [-0.2, -0.15) is 4.98 Å². The van der Waals surface area contributed by atoms with Crippen LogP contribution in [0.1, 0.15) is 57.2 Å². The predicted molar refractivity (Wildman–Crippen MR) is 77.8 cm³/mol. The summed E-state index contributed by atoms with van der Waals surface area (Å²) in [6.45, 7) is 7.37. The maximum absolute atomic E-state index is 5.73. The fraction of sp³-hybridized carbons (Fsp3) is 0.714. The Hall–Kier alpha value is -1.32. The maximum atomic E-state index is 5.73. The van der Waals surface area contributed by atoms with Crippen molar-refractivity contribution in [2.24, 2.45) is 0 Å². The van der Waals surface area contributed by atoms with Crippen LogP contribution in [-0.2, 0) is 6.42 Å². The molecule has 18 heavy (non-hydrogen) atoms. The normalized spacial score (nSPS) is 10.6. The molecule has 4 nitrogen and oxygen atoms in total. The average molecular weight is 250 g/mol. The second-order valence-corrected chi connectivity index (χ2v) is 4.73. The van der Waals surface area contributed by atoms with Crippen molar-refractivity contribution < 1.29 is 0 Å². The van der Waals surface area contributed by atoms with Gasteiger partial charge in [-0.15, -0.1) is 0 Å². The average Bonchev–Trinajstić information content (AvgIpc) is 2.32. The number of hydrogen-bond donors (Lipinski definition) is 2. The smallest absolute Gasteiger partial charge is 0.222 e. The van der Waals surface area contributed by atoms with E-state index in [4.69, 9.17) is 5.73 Å². The van der Waals surface area contributed by atoms with Crippen LogP contribution < -0.4 is 11.1 Å². The van der Waals surface area contributed by atoms with E-state index in [9.17, 15) is 0 Å². The van der Waals surface area contributed by atoms with Gasteiger partial charge < -0.3 is 11.1 Å². The number of nitrogens with one attached hydrogen (secondary N) is 1. The van der Waals surface area contributed by atoms with Crippen molar-refractivity contribution in [3.05, 3.63) is 11.3 Å². The molecule has 0 radical (unpaired) electrons. The molecule has 0 aliphatic heterocycles. The summed E-state index contributed by atoms with van der Waals surface area (Å²) in [5, 5.41) is 3.39. The van der Waals surface area contributed by atoms with Gasteiger partial charge in [-0.3, -0.25) is 0 Å². The van der Waals surface area contributed by atoms with Crippen LogP contribution in [-0.4, -0.2) is 16.5 Å². The Kier molecular flexibility index (Phi) is 6.47. The van der Waals surface area contributed by atoms with Crippen LogP contribution in [0.5, 0.6) is 0 Å². The molecule has 0 aromatic carbocycles. The molecule has 0 fully saturated rings. The van der Waals surface area contributed by atoms with E-state index >= 15 is 0 Å². The third kappa shape index (κ3) is 4.51. The van der Waals surface area contributed by atoms with Gasteiger partial charge in [-0.1, -0.05) is 33.1 Å². The highest BCUT2D eigenvalue weighted by Gasteiger charge is 2.09. The monoisotopic (exact) mass is 250 g/mol. The molecule has 0 aliphatic rings. The molecule has 1 rings (SSSR count). The van der Waals surface area contributed by atoms with E-state index < -0.39 is 0 Å². The van der Waals surface area contributed by atoms with E-state index in [0.29, 0.717) is 5.95 Å². The highest BCUT2D eigenvalue weighted by atomic mass is 15.1. The van der Waals surface area contributed by atoms with Crippen molar-refractivity contribution in [1.82, 2.24) is 9.97 Å². The number of nitrogens with zero attached hydrogens (tertiary/aromatic N) is 2. The number of aromatic nitrogens is 2. The summed E-state index contributed by atoms with van der Waals surface area (Å²) in [6.07, 6.45) is 7.03. The number of aryl methyl sites for hydroxylation is 1. The summed E-state index contributed by atoms with van der Waals surface area (Å²) >= 11 is 0. The van der Waals surface area contributed by atoms with Crippen LogP contribution >= 0.6 is 0 Å². The van der Waals surface area contributed by atoms with Crippen LogP contribution in [0.25, 0.3) is 0 Å². The van der Waals surface area contributed by atoms with Gasteiger partial charge in [0, 0.05) is 17.8 Å². The first kappa shape index (κ1) is 14.7. The lowest BCUT2D eigenvalue weighted by Gasteiger charge is -2.13. The summed E-state index contributed by atoms with van der Waals surface area (Å²) in [7, 11) is 0. The number of rotatable bonds is 8. The van der Waals surface area contributed by atoms with E-state index in [1.165, 1.54) is 31.2 Å². The van der Waals surface area contributed by atoms with Crippen molar-refractivity contribution in [3.63, 3.8) is 0 Å². The van der Waals surface area contributed by atoms with Gasteiger partial charge in [0.15, 0.2) is 0 Å². The van der Waals surface area contributed by atoms with Crippen molar-refractivity contribution in [3.8, 4) is 0 Å². The highest BCUT2D eigenvalue weighted by molar-refractivity contribution is 5.49. The van der Waals surface area contributed by atoms with Gasteiger partial charge >= 0.3 is 0 Å². The van der Waals surface area contributed by atoms with Gasteiger partial charge in [0.1, 0.15) is 5.82 Å². The Labute approximate surface area is 110 Å². The number of nitrogen functional groups attached to an aromatic ring is 1. The SMILES string of the molecule is CCCCCc1c(C)nc(N)nc1NCCCC. The van der Waals surface area contributed by atoms with Crippen molar-refractivity contribution in [2.75, 3.05) is 17.6 Å². The predicted octanol–water partition coefficient (Wildman–Crippen LogP) is 3.31. The lowest BCUT2D eigenvalue weighted by Crippen LogP contribution is -2.11. The molecule has 0 bridgehead atoms. The maximum Gasteiger partial charge on any atom is 0.222 e. The van der Waals surface area contributed by atoms with Crippen molar-refractivity contribution in [1.29, 1.82) is 0 Å². The third-order valence-electron chi connectivity index (χ3n) is 3.08. The summed E-state index contributed by atoms with van der Waals surface area (Å²) in [5.41, 5.74) is 7.97. The number of unbranched alkanes of at least 4 members (excludes halogenated alkanes) is 3. The van der Waals surface area contributed by atoms with Crippen LogP contribution in [0, 0.1) is 6.92 Å². The number of hydrogen-bond acceptors (Lipinski definition) is 4. The van der Waals surface area contributed by atoms with E-state index in [2.05, 4.69) is 29.1 Å². The lowest BCUT2D eigenvalue weighted by atomic mass is 10.1. The molecule has 1 aromatic rings. The summed E-state index contributed by atoms with van der Waals surface area (Å²) in [6, 6.07) is 0. The lowest BCUT2D eigenvalue weighted by molar-refractivity contribution is 0.711. The van der Waals surface area contributed by atoms with Crippen LogP contribution in [0.15, 0.2) is 0 Å². The zero-order chi connectivity index (χ0) is 13.4. The Morgan fingerprint density at radius 3 is 2.44 bits per heavy atom. The molecule has 0 amide bonds. The van der Waals surface area contributed by atoms with Crippen LogP contribution in [0.4, 0.5) is 11.8 Å². The molecule has 0 saturated heterocycles. The largest absolute Gasteiger partial charge is 0.370 e. The topological polar surface area (TPSA) is 63.8 Å². The molecule has 0 unspecified atom stereocenters. The molecule has 4 heteroatoms. The minimum Gasteiger partial charge on any atom is -0.370 e. The second kappa shape index (κ2) is 7.90. The zero-order valence-corrected chi connectivity index (χ0v) is 11.9. The number of anilines is 2. The molecular weight excluding hydrogens is 224 g/mol. The molecule has 0 spiro atoms. The Bertz CT molecular complexity index is 363. The zero-order valence-electron chi connectivity index (χ0n) is 11.9. The summed E-state index contributed by atoms with van der Waals surface area (Å²) in [5.74, 6) is 1.30. The van der Waals surface area contributed by atoms with E-state index in [1.54, 1.807) is 0 Å². The minimum atomic E-state index is 0.366. The van der Waals surface area contributed by atoms with E-state index in [0.717, 1.165) is 30.9 Å². The molecule has 1 aromatic heterocycles. The van der Waals surface area contributed by atoms with Crippen molar-refractivity contribution in [2.45, 2.75) is 59.3 Å². The molecule has 102 valence electrons. The Morgan fingerprint density at radius 2 is 1.78 bits per heavy atom. The molecule has 0 saturated carbocycles. The van der Waals surface area contributed by atoms with E-state index in [-0.39, 0.29) is 0 Å². The van der Waals surface area contributed by atoms with E-state index in [1.807, 2.05) is 6.92 Å². The van der Waals surface area contributed by atoms with Crippen LogP contribution in [0.2, 0.25) is 0 Å². The first-order valence-electron chi connectivity index (χ1n) is 7.05. The molecular formula is C14H26N4. The quantitative estimate of drug-likeness (QED) is 0.695. The highest BCUT2D eigenvalue weighted by Crippen LogP contribution is 2.20. The van der Waals surface area contributed by atoms with Crippen LogP contribution in [0.3, 0.4) is 0 Å². The van der Waals surface area contributed by atoms with Gasteiger partial charge in [-0.25, -0.2) is 4.98 Å². The molecule has 0 atom stereocenters. The molecule has 0 aliphatic carbocycles. The van der Waals surface area contributed by atoms with Gasteiger partial charge in [0.25, 0.3) is 0 Å². The first-order chi connectivity index (χ1) is 8.69. The second-order valence-electron chi connectivity index (χ2n) is 4.73. The van der Waals surface area contributed by atoms with Crippen molar-refractivity contribution >= 4 is 11.8 Å².